The first kappa shape index (κ1) is 13.5. The standard InChI is InChI=1S/C12H16O5/c1-15-7-9-6-8(4-5-10(9)16-2)11(13)12(14)17-3/h4-6,11,13H,7H2,1-3H3. The largest absolute Gasteiger partial charge is 0.496 e. The molecule has 0 aliphatic heterocycles. The first-order valence-electron chi connectivity index (χ1n) is 5.05. The lowest BCUT2D eigenvalue weighted by atomic mass is 10.1. The Morgan fingerprint density at radius 1 is 1.35 bits per heavy atom. The molecule has 1 rings (SSSR count). The fraction of sp³-hybridized carbons (Fsp3) is 0.417. The van der Waals surface area contributed by atoms with E-state index >= 15 is 0 Å². The van der Waals surface area contributed by atoms with Gasteiger partial charge in [-0.05, 0) is 17.7 Å². The molecule has 0 saturated heterocycles. The zero-order valence-electron chi connectivity index (χ0n) is 10.1. The molecule has 1 atom stereocenters. The van der Waals surface area contributed by atoms with E-state index in [4.69, 9.17) is 9.47 Å². The molecule has 0 fully saturated rings. The highest BCUT2D eigenvalue weighted by Gasteiger charge is 2.19. The van der Waals surface area contributed by atoms with Crippen molar-refractivity contribution in [2.75, 3.05) is 21.3 Å². The van der Waals surface area contributed by atoms with E-state index in [-0.39, 0.29) is 0 Å². The number of methoxy groups -OCH3 is 3. The van der Waals surface area contributed by atoms with Gasteiger partial charge in [0.25, 0.3) is 0 Å². The summed E-state index contributed by atoms with van der Waals surface area (Å²) >= 11 is 0. The van der Waals surface area contributed by atoms with Gasteiger partial charge in [-0.1, -0.05) is 6.07 Å². The molecule has 1 aromatic carbocycles. The summed E-state index contributed by atoms with van der Waals surface area (Å²) in [6.07, 6.45) is -1.29. The number of aliphatic hydroxyl groups excluding tert-OH is 1. The van der Waals surface area contributed by atoms with Crippen molar-refractivity contribution < 1.29 is 24.1 Å². The van der Waals surface area contributed by atoms with Gasteiger partial charge in [0, 0.05) is 12.7 Å². The van der Waals surface area contributed by atoms with Crippen molar-refractivity contribution in [1.82, 2.24) is 0 Å². The number of aliphatic hydroxyl groups is 1. The van der Waals surface area contributed by atoms with Gasteiger partial charge in [-0.3, -0.25) is 0 Å². The Morgan fingerprint density at radius 3 is 2.59 bits per heavy atom. The van der Waals surface area contributed by atoms with Crippen molar-refractivity contribution in [3.8, 4) is 5.75 Å². The van der Waals surface area contributed by atoms with E-state index in [2.05, 4.69) is 4.74 Å². The quantitative estimate of drug-likeness (QED) is 0.779. The molecule has 94 valence electrons. The Balaban J connectivity index is 3.02. The Morgan fingerprint density at radius 2 is 2.06 bits per heavy atom. The molecular weight excluding hydrogens is 224 g/mol. The highest BCUT2D eigenvalue weighted by atomic mass is 16.5. The summed E-state index contributed by atoms with van der Waals surface area (Å²) in [5.74, 6) is -0.0498. The Hall–Kier alpha value is -1.59. The average Bonchev–Trinajstić information content (AvgIpc) is 2.37. The van der Waals surface area contributed by atoms with E-state index in [0.717, 1.165) is 5.56 Å². The van der Waals surface area contributed by atoms with Crippen LogP contribution in [0.3, 0.4) is 0 Å². The summed E-state index contributed by atoms with van der Waals surface area (Å²) in [5.41, 5.74) is 1.21. The van der Waals surface area contributed by atoms with E-state index in [9.17, 15) is 9.90 Å². The maximum absolute atomic E-state index is 11.2. The molecule has 0 spiro atoms. The van der Waals surface area contributed by atoms with Crippen LogP contribution in [0.5, 0.6) is 5.75 Å². The number of carbonyl (C=O) groups is 1. The predicted octanol–water partition coefficient (Wildman–Crippen LogP) is 1.05. The van der Waals surface area contributed by atoms with Crippen molar-refractivity contribution in [1.29, 1.82) is 0 Å². The molecule has 1 aromatic rings. The lowest BCUT2D eigenvalue weighted by Crippen LogP contribution is -2.13. The molecule has 1 N–H and O–H groups in total. The molecule has 0 heterocycles. The summed E-state index contributed by atoms with van der Waals surface area (Å²) in [6, 6.07) is 4.94. The topological polar surface area (TPSA) is 65.0 Å². The van der Waals surface area contributed by atoms with Crippen LogP contribution in [0.15, 0.2) is 18.2 Å². The highest BCUT2D eigenvalue weighted by Crippen LogP contribution is 2.24. The van der Waals surface area contributed by atoms with Gasteiger partial charge in [0.15, 0.2) is 6.10 Å². The van der Waals surface area contributed by atoms with E-state index in [1.165, 1.54) is 7.11 Å². The van der Waals surface area contributed by atoms with Gasteiger partial charge in [0.1, 0.15) is 5.75 Å². The van der Waals surface area contributed by atoms with E-state index in [1.54, 1.807) is 32.4 Å². The number of ether oxygens (including phenoxy) is 3. The summed E-state index contributed by atoms with van der Waals surface area (Å²) < 4.78 is 14.6. The second-order valence-electron chi connectivity index (χ2n) is 3.43. The Labute approximate surface area is 99.9 Å². The van der Waals surface area contributed by atoms with Crippen molar-refractivity contribution in [3.63, 3.8) is 0 Å². The predicted molar refractivity (Wildman–Crippen MR) is 60.7 cm³/mol. The number of hydrogen-bond donors (Lipinski definition) is 1. The molecule has 0 aliphatic carbocycles. The van der Waals surface area contributed by atoms with Crippen LogP contribution in [0.4, 0.5) is 0 Å². The fourth-order valence-corrected chi connectivity index (χ4v) is 1.48. The van der Waals surface area contributed by atoms with Gasteiger partial charge in [-0.15, -0.1) is 0 Å². The lowest BCUT2D eigenvalue weighted by molar-refractivity contribution is -0.150. The molecule has 0 saturated carbocycles. The molecule has 5 nitrogen and oxygen atoms in total. The molecule has 0 radical (unpaired) electrons. The second-order valence-corrected chi connectivity index (χ2v) is 3.43. The first-order valence-corrected chi connectivity index (χ1v) is 5.05. The summed E-state index contributed by atoms with van der Waals surface area (Å²) in [4.78, 5) is 11.2. The third-order valence-electron chi connectivity index (χ3n) is 2.34. The van der Waals surface area contributed by atoms with Crippen LogP contribution in [-0.4, -0.2) is 32.4 Å². The monoisotopic (exact) mass is 240 g/mol. The third-order valence-corrected chi connectivity index (χ3v) is 2.34. The van der Waals surface area contributed by atoms with Gasteiger partial charge >= 0.3 is 5.97 Å². The van der Waals surface area contributed by atoms with Crippen LogP contribution in [0.2, 0.25) is 0 Å². The number of carbonyl (C=O) groups excluding carboxylic acids is 1. The molecule has 0 bridgehead atoms. The fourth-order valence-electron chi connectivity index (χ4n) is 1.48. The smallest absolute Gasteiger partial charge is 0.339 e. The SMILES string of the molecule is COCc1cc(C(O)C(=O)OC)ccc1OC. The molecule has 0 aromatic heterocycles. The van der Waals surface area contributed by atoms with Gasteiger partial charge in [0.2, 0.25) is 0 Å². The van der Waals surface area contributed by atoms with Crippen molar-refractivity contribution in [2.45, 2.75) is 12.7 Å². The van der Waals surface area contributed by atoms with Gasteiger partial charge in [0.05, 0.1) is 20.8 Å². The van der Waals surface area contributed by atoms with Crippen LogP contribution in [0, 0.1) is 0 Å². The molecule has 17 heavy (non-hydrogen) atoms. The normalized spacial score (nSPS) is 12.0. The Bertz CT molecular complexity index is 388. The molecule has 0 amide bonds. The molecule has 0 aliphatic rings. The minimum absolute atomic E-state index is 0.338. The zero-order valence-corrected chi connectivity index (χ0v) is 10.1. The third kappa shape index (κ3) is 3.18. The second kappa shape index (κ2) is 6.22. The van der Waals surface area contributed by atoms with Gasteiger partial charge in [-0.25, -0.2) is 4.79 Å². The zero-order chi connectivity index (χ0) is 12.8. The van der Waals surface area contributed by atoms with Crippen LogP contribution < -0.4 is 4.74 Å². The van der Waals surface area contributed by atoms with Crippen LogP contribution in [0.1, 0.15) is 17.2 Å². The summed E-state index contributed by atoms with van der Waals surface area (Å²) in [5, 5.41) is 9.69. The summed E-state index contributed by atoms with van der Waals surface area (Å²) in [6.45, 7) is 0.338. The van der Waals surface area contributed by atoms with E-state index in [0.29, 0.717) is 17.9 Å². The van der Waals surface area contributed by atoms with Gasteiger partial charge in [-0.2, -0.15) is 0 Å². The van der Waals surface area contributed by atoms with E-state index < -0.39 is 12.1 Å². The Kier molecular flexibility index (Phi) is 4.93. The highest BCUT2D eigenvalue weighted by molar-refractivity contribution is 5.76. The minimum Gasteiger partial charge on any atom is -0.496 e. The van der Waals surface area contributed by atoms with Crippen molar-refractivity contribution >= 4 is 5.97 Å². The van der Waals surface area contributed by atoms with Crippen molar-refractivity contribution in [3.05, 3.63) is 29.3 Å². The van der Waals surface area contributed by atoms with Crippen LogP contribution in [0.25, 0.3) is 0 Å². The minimum atomic E-state index is -1.29. The lowest BCUT2D eigenvalue weighted by Gasteiger charge is -2.13. The maximum atomic E-state index is 11.2. The van der Waals surface area contributed by atoms with E-state index in [1.807, 2.05) is 0 Å². The molecule has 1 unspecified atom stereocenters. The summed E-state index contributed by atoms with van der Waals surface area (Å²) in [7, 11) is 4.33. The van der Waals surface area contributed by atoms with Crippen molar-refractivity contribution in [2.24, 2.45) is 0 Å². The van der Waals surface area contributed by atoms with Crippen LogP contribution >= 0.6 is 0 Å². The van der Waals surface area contributed by atoms with Gasteiger partial charge < -0.3 is 19.3 Å². The van der Waals surface area contributed by atoms with Crippen LogP contribution in [-0.2, 0) is 20.9 Å². The molecule has 5 heteroatoms. The molecular formula is C12H16O5. The number of benzene rings is 1. The number of hydrogen-bond acceptors (Lipinski definition) is 5. The average molecular weight is 240 g/mol. The maximum Gasteiger partial charge on any atom is 0.339 e. The first-order chi connectivity index (χ1) is 8.13. The number of esters is 1. The number of rotatable bonds is 5.